The lowest BCUT2D eigenvalue weighted by molar-refractivity contribution is 0.299. The minimum absolute atomic E-state index is 0.127. The van der Waals surface area contributed by atoms with Crippen molar-refractivity contribution in [2.45, 2.75) is 6.61 Å². The Balaban J connectivity index is 2.08. The molecule has 0 unspecified atom stereocenters. The fourth-order valence-electron chi connectivity index (χ4n) is 1.34. The van der Waals surface area contributed by atoms with Crippen LogP contribution in [0.1, 0.15) is 11.3 Å². The number of nitrogens with zero attached hydrogens (tertiary/aromatic N) is 2. The van der Waals surface area contributed by atoms with Crippen LogP contribution in [0.5, 0.6) is 5.75 Å². The number of hydrogen-bond acceptors (Lipinski definition) is 3. The van der Waals surface area contributed by atoms with Crippen molar-refractivity contribution in [1.29, 1.82) is 5.26 Å². The van der Waals surface area contributed by atoms with Crippen LogP contribution < -0.4 is 4.74 Å². The van der Waals surface area contributed by atoms with Gasteiger partial charge in [-0.2, -0.15) is 5.26 Å². The van der Waals surface area contributed by atoms with E-state index in [2.05, 4.69) is 4.98 Å². The molecule has 0 amide bonds. The first-order valence-corrected chi connectivity index (χ1v) is 5.02. The standard InChI is InChI=1S/C13H9FN2O/c14-13-4-2-1-3-10(13)9-17-12-5-6-16-11(7-12)8-15/h1-7H,9H2. The predicted molar refractivity (Wildman–Crippen MR) is 59.7 cm³/mol. The lowest BCUT2D eigenvalue weighted by Gasteiger charge is -2.06. The fraction of sp³-hybridized carbons (Fsp3) is 0.0769. The zero-order valence-corrected chi connectivity index (χ0v) is 8.93. The van der Waals surface area contributed by atoms with Crippen molar-refractivity contribution in [3.8, 4) is 11.8 Å². The van der Waals surface area contributed by atoms with Gasteiger partial charge in [-0.3, -0.25) is 0 Å². The molecule has 0 N–H and O–H groups in total. The number of hydrogen-bond donors (Lipinski definition) is 0. The lowest BCUT2D eigenvalue weighted by atomic mass is 10.2. The predicted octanol–water partition coefficient (Wildman–Crippen LogP) is 2.67. The molecular weight excluding hydrogens is 219 g/mol. The minimum atomic E-state index is -0.304. The number of benzene rings is 1. The van der Waals surface area contributed by atoms with Crippen LogP contribution in [0.25, 0.3) is 0 Å². The Morgan fingerprint density at radius 3 is 2.88 bits per heavy atom. The van der Waals surface area contributed by atoms with Gasteiger partial charge in [0.1, 0.15) is 29.9 Å². The highest BCUT2D eigenvalue weighted by Gasteiger charge is 2.02. The van der Waals surface area contributed by atoms with E-state index in [0.29, 0.717) is 11.3 Å². The Morgan fingerprint density at radius 1 is 1.29 bits per heavy atom. The van der Waals surface area contributed by atoms with E-state index in [1.165, 1.54) is 18.3 Å². The molecule has 17 heavy (non-hydrogen) atoms. The molecule has 0 atom stereocenters. The van der Waals surface area contributed by atoms with E-state index in [1.807, 2.05) is 6.07 Å². The Labute approximate surface area is 98.1 Å². The van der Waals surface area contributed by atoms with Gasteiger partial charge < -0.3 is 4.74 Å². The van der Waals surface area contributed by atoms with E-state index in [1.54, 1.807) is 24.3 Å². The van der Waals surface area contributed by atoms with Gasteiger partial charge in [-0.1, -0.05) is 18.2 Å². The molecule has 1 heterocycles. The van der Waals surface area contributed by atoms with E-state index in [0.717, 1.165) is 0 Å². The SMILES string of the molecule is N#Cc1cc(OCc2ccccc2F)ccn1. The molecule has 84 valence electrons. The molecule has 0 bridgehead atoms. The van der Waals surface area contributed by atoms with Gasteiger partial charge in [0.25, 0.3) is 0 Å². The topological polar surface area (TPSA) is 45.9 Å². The average molecular weight is 228 g/mol. The smallest absolute Gasteiger partial charge is 0.144 e. The third-order valence-electron chi connectivity index (χ3n) is 2.20. The number of pyridine rings is 1. The van der Waals surface area contributed by atoms with Gasteiger partial charge in [0.2, 0.25) is 0 Å². The van der Waals surface area contributed by atoms with Gasteiger partial charge in [0.05, 0.1) is 0 Å². The van der Waals surface area contributed by atoms with Crippen molar-refractivity contribution >= 4 is 0 Å². The number of ether oxygens (including phenoxy) is 1. The minimum Gasteiger partial charge on any atom is -0.489 e. The molecule has 3 nitrogen and oxygen atoms in total. The summed E-state index contributed by atoms with van der Waals surface area (Å²) in [5.74, 6) is 0.196. The molecule has 1 aromatic carbocycles. The zero-order chi connectivity index (χ0) is 12.1. The maximum atomic E-state index is 13.3. The van der Waals surface area contributed by atoms with Crippen LogP contribution in [0.3, 0.4) is 0 Å². The van der Waals surface area contributed by atoms with E-state index in [9.17, 15) is 4.39 Å². The van der Waals surface area contributed by atoms with Gasteiger partial charge in [-0.05, 0) is 12.1 Å². The number of rotatable bonds is 3. The van der Waals surface area contributed by atoms with Gasteiger partial charge >= 0.3 is 0 Å². The van der Waals surface area contributed by atoms with Crippen LogP contribution in [0.2, 0.25) is 0 Å². The number of halogens is 1. The van der Waals surface area contributed by atoms with Crippen molar-refractivity contribution in [2.75, 3.05) is 0 Å². The summed E-state index contributed by atoms with van der Waals surface area (Å²) in [6.45, 7) is 0.127. The largest absolute Gasteiger partial charge is 0.489 e. The molecule has 0 saturated carbocycles. The van der Waals surface area contributed by atoms with Gasteiger partial charge in [-0.15, -0.1) is 0 Å². The fourth-order valence-corrected chi connectivity index (χ4v) is 1.34. The van der Waals surface area contributed by atoms with Crippen LogP contribution in [0.15, 0.2) is 42.6 Å². The van der Waals surface area contributed by atoms with Crippen LogP contribution in [-0.2, 0) is 6.61 Å². The highest BCUT2D eigenvalue weighted by atomic mass is 19.1. The third kappa shape index (κ3) is 2.79. The summed E-state index contributed by atoms with van der Waals surface area (Å²) in [7, 11) is 0. The average Bonchev–Trinajstić information content (AvgIpc) is 2.38. The van der Waals surface area contributed by atoms with E-state index < -0.39 is 0 Å². The molecule has 1 aromatic heterocycles. The molecule has 2 aromatic rings. The second-order valence-electron chi connectivity index (χ2n) is 3.37. The van der Waals surface area contributed by atoms with Crippen LogP contribution in [-0.4, -0.2) is 4.98 Å². The van der Waals surface area contributed by atoms with Crippen LogP contribution in [0, 0.1) is 17.1 Å². The van der Waals surface area contributed by atoms with Crippen molar-refractivity contribution in [3.05, 3.63) is 59.7 Å². The summed E-state index contributed by atoms with van der Waals surface area (Å²) in [5.41, 5.74) is 0.749. The second kappa shape index (κ2) is 5.08. The number of aromatic nitrogens is 1. The molecule has 4 heteroatoms. The first-order chi connectivity index (χ1) is 8.29. The van der Waals surface area contributed by atoms with Crippen molar-refractivity contribution < 1.29 is 9.13 Å². The van der Waals surface area contributed by atoms with Crippen LogP contribution in [0.4, 0.5) is 4.39 Å². The van der Waals surface area contributed by atoms with E-state index in [-0.39, 0.29) is 18.1 Å². The van der Waals surface area contributed by atoms with Gasteiger partial charge in [0, 0.05) is 17.8 Å². The quantitative estimate of drug-likeness (QED) is 0.811. The monoisotopic (exact) mass is 228 g/mol. The third-order valence-corrected chi connectivity index (χ3v) is 2.20. The Kier molecular flexibility index (Phi) is 3.31. The van der Waals surface area contributed by atoms with Crippen molar-refractivity contribution in [1.82, 2.24) is 4.98 Å². The summed E-state index contributed by atoms with van der Waals surface area (Å²) < 4.78 is 18.7. The first kappa shape index (κ1) is 11.1. The summed E-state index contributed by atoms with van der Waals surface area (Å²) >= 11 is 0. The summed E-state index contributed by atoms with van der Waals surface area (Å²) in [6.07, 6.45) is 1.48. The molecule has 2 rings (SSSR count). The molecule has 0 aliphatic rings. The highest BCUT2D eigenvalue weighted by Crippen LogP contribution is 2.14. The second-order valence-corrected chi connectivity index (χ2v) is 3.37. The maximum Gasteiger partial charge on any atom is 0.144 e. The van der Waals surface area contributed by atoms with E-state index in [4.69, 9.17) is 10.00 Å². The normalized spacial score (nSPS) is 9.65. The Hall–Kier alpha value is -2.41. The zero-order valence-electron chi connectivity index (χ0n) is 8.93. The molecule has 0 fully saturated rings. The number of nitriles is 1. The molecule has 0 spiro atoms. The maximum absolute atomic E-state index is 13.3. The molecular formula is C13H9FN2O. The van der Waals surface area contributed by atoms with Crippen molar-refractivity contribution in [3.63, 3.8) is 0 Å². The molecule has 0 aliphatic heterocycles. The summed E-state index contributed by atoms with van der Waals surface area (Å²) in [5, 5.41) is 8.66. The Bertz CT molecular complexity index is 563. The highest BCUT2D eigenvalue weighted by molar-refractivity contribution is 5.30. The van der Waals surface area contributed by atoms with Gasteiger partial charge in [0.15, 0.2) is 0 Å². The van der Waals surface area contributed by atoms with E-state index >= 15 is 0 Å². The van der Waals surface area contributed by atoms with Crippen LogP contribution >= 0.6 is 0 Å². The molecule has 0 radical (unpaired) electrons. The lowest BCUT2D eigenvalue weighted by Crippen LogP contribution is -1.98. The molecule has 0 saturated heterocycles. The van der Waals surface area contributed by atoms with Crippen molar-refractivity contribution in [2.24, 2.45) is 0 Å². The molecule has 0 aliphatic carbocycles. The summed E-state index contributed by atoms with van der Waals surface area (Å²) in [6, 6.07) is 11.5. The summed E-state index contributed by atoms with van der Waals surface area (Å²) in [4.78, 5) is 3.82. The van der Waals surface area contributed by atoms with Gasteiger partial charge in [-0.25, -0.2) is 9.37 Å². The Morgan fingerprint density at radius 2 is 2.12 bits per heavy atom. The first-order valence-electron chi connectivity index (χ1n) is 5.02.